The average Bonchev–Trinajstić information content (AvgIpc) is 3.95. The van der Waals surface area contributed by atoms with Crippen LogP contribution in [0.15, 0.2) is 0 Å². The van der Waals surface area contributed by atoms with Gasteiger partial charge < -0.3 is 73.6 Å². The molecule has 0 unspecified atom stereocenters. The molecular weight excluding hydrogens is 909 g/mol. The van der Waals surface area contributed by atoms with Crippen LogP contribution in [-0.4, -0.2) is 181 Å². The number of amides is 9. The van der Waals surface area contributed by atoms with Crippen LogP contribution in [0.2, 0.25) is 0 Å². The minimum atomic E-state index is -1.83. The number of aliphatic hydroxyl groups excluding tert-OH is 1. The van der Waals surface area contributed by atoms with Gasteiger partial charge in [0, 0.05) is 18.8 Å². The lowest BCUT2D eigenvalue weighted by Crippen LogP contribution is -2.62. The molecule has 9 amide bonds. The molecule has 2 fully saturated rings. The Hall–Kier alpha value is -6.09. The number of hydrogen-bond donors (Lipinski definition) is 13. The molecule has 0 radical (unpaired) electrons. The van der Waals surface area contributed by atoms with Crippen LogP contribution in [0, 0.1) is 11.8 Å². The lowest BCUT2D eigenvalue weighted by Gasteiger charge is -2.34. The van der Waals surface area contributed by atoms with E-state index in [2.05, 4.69) is 39.2 Å². The van der Waals surface area contributed by atoms with Gasteiger partial charge in [-0.1, -0.05) is 34.1 Å². The number of nitrogens with one attached hydrogen (secondary N) is 6. The highest BCUT2D eigenvalue weighted by Gasteiger charge is 2.44. The summed E-state index contributed by atoms with van der Waals surface area (Å²) in [6, 6.07) is -13.4. The summed E-state index contributed by atoms with van der Waals surface area (Å²) < 4.78 is 0. The summed E-state index contributed by atoms with van der Waals surface area (Å²) >= 11 is 3.91. The number of hydrogen-bond acceptors (Lipinski definition) is 15. The summed E-state index contributed by atoms with van der Waals surface area (Å²) in [4.78, 5) is 157. The van der Waals surface area contributed by atoms with Crippen LogP contribution >= 0.6 is 12.6 Å². The Morgan fingerprint density at radius 3 is 1.49 bits per heavy atom. The van der Waals surface area contributed by atoms with E-state index in [0.29, 0.717) is 6.42 Å². The number of likely N-dealkylation sites (tertiary alicyclic amines) is 2. The van der Waals surface area contributed by atoms with Crippen LogP contribution in [0.25, 0.3) is 0 Å². The predicted octanol–water partition coefficient (Wildman–Crippen LogP) is -4.87. The molecular formula is C40H64N10O16S. The largest absolute Gasteiger partial charge is 0.481 e. The first-order valence-corrected chi connectivity index (χ1v) is 22.3. The number of nitrogens with zero attached hydrogens (tertiary/aromatic N) is 2. The third-order valence-electron chi connectivity index (χ3n) is 11.3. The van der Waals surface area contributed by atoms with Gasteiger partial charge >= 0.3 is 17.9 Å². The van der Waals surface area contributed by atoms with Crippen molar-refractivity contribution < 1.29 is 78.0 Å². The van der Waals surface area contributed by atoms with Crippen LogP contribution in [-0.2, 0) is 57.5 Å². The van der Waals surface area contributed by atoms with E-state index < -0.39 is 163 Å². The Balaban J connectivity index is 2.29. The van der Waals surface area contributed by atoms with E-state index >= 15 is 0 Å². The van der Waals surface area contributed by atoms with E-state index in [4.69, 9.17) is 11.5 Å². The molecule has 27 heteroatoms. The second-order valence-electron chi connectivity index (χ2n) is 16.9. The van der Waals surface area contributed by atoms with Gasteiger partial charge in [-0.25, -0.2) is 4.79 Å². The highest BCUT2D eigenvalue weighted by Crippen LogP contribution is 2.23. The number of carboxylic acids is 3. The second-order valence-corrected chi connectivity index (χ2v) is 17.3. The van der Waals surface area contributed by atoms with E-state index in [1.54, 1.807) is 27.7 Å². The normalized spacial score (nSPS) is 19.8. The Labute approximate surface area is 391 Å². The molecule has 0 aliphatic carbocycles. The lowest BCUT2D eigenvalue weighted by atomic mass is 9.95. The zero-order chi connectivity index (χ0) is 51.0. The topological polar surface area (TPSA) is 416 Å². The van der Waals surface area contributed by atoms with Gasteiger partial charge in [-0.3, -0.25) is 52.7 Å². The maximum absolute atomic E-state index is 14.3. The molecule has 2 saturated heterocycles. The van der Waals surface area contributed by atoms with Gasteiger partial charge in [0.15, 0.2) is 0 Å². The molecule has 2 heterocycles. The fourth-order valence-electron chi connectivity index (χ4n) is 7.39. The number of carbonyl (C=O) groups is 12. The SMILES string of the molecule is CC[C@H](C)[C@H](NC(=O)[C@@H](NC(=O)[C@@H]1CCCN1C(=O)[C@@H](NC(=O)[C@H](CC(=O)O)NC(=O)[C@@H](N)CS)[C@@H](C)O)C(C)C)C(=O)N1CCC[C@H]1C(=O)N[C@@H](CC(=O)O)C(=O)N[C@@H](CC(N)=O)C(=O)O. The first-order chi connectivity index (χ1) is 31.2. The molecule has 2 rings (SSSR count). The van der Waals surface area contributed by atoms with E-state index in [1.807, 2.05) is 5.32 Å². The number of carboxylic acid groups (broad SMARTS) is 3. The summed E-state index contributed by atoms with van der Waals surface area (Å²) in [7, 11) is 0. The molecule has 67 heavy (non-hydrogen) atoms. The van der Waals surface area contributed by atoms with Crippen molar-refractivity contribution in [3.8, 4) is 0 Å². The Morgan fingerprint density at radius 2 is 1.06 bits per heavy atom. The van der Waals surface area contributed by atoms with E-state index in [-0.39, 0.29) is 44.5 Å². The first-order valence-electron chi connectivity index (χ1n) is 21.7. The van der Waals surface area contributed by atoms with Crippen LogP contribution in [0.1, 0.15) is 86.0 Å². The summed E-state index contributed by atoms with van der Waals surface area (Å²) in [5.74, 6) is -14.5. The fourth-order valence-corrected chi connectivity index (χ4v) is 7.55. The number of aliphatic carboxylic acids is 3. The Morgan fingerprint density at radius 1 is 0.612 bits per heavy atom. The molecule has 0 aromatic carbocycles. The van der Waals surface area contributed by atoms with E-state index in [9.17, 15) is 78.0 Å². The molecule has 0 aromatic rings. The number of thiol groups is 1. The number of nitrogens with two attached hydrogens (primary N) is 2. The summed E-state index contributed by atoms with van der Waals surface area (Å²) in [5.41, 5.74) is 10.7. The Kier molecular flexibility index (Phi) is 22.4. The molecule has 2 aliphatic rings. The maximum Gasteiger partial charge on any atom is 0.326 e. The van der Waals surface area contributed by atoms with Crippen molar-refractivity contribution >= 4 is 83.7 Å². The van der Waals surface area contributed by atoms with Gasteiger partial charge in [0.05, 0.1) is 31.4 Å². The number of carbonyl (C=O) groups excluding carboxylic acids is 9. The van der Waals surface area contributed by atoms with Crippen LogP contribution < -0.4 is 43.4 Å². The minimum Gasteiger partial charge on any atom is -0.481 e. The number of rotatable bonds is 26. The van der Waals surface area contributed by atoms with Gasteiger partial charge in [-0.05, 0) is 44.4 Å². The van der Waals surface area contributed by atoms with E-state index in [0.717, 1.165) is 9.80 Å². The quantitative estimate of drug-likeness (QED) is 0.0362. The highest BCUT2D eigenvalue weighted by atomic mass is 32.1. The third-order valence-corrected chi connectivity index (χ3v) is 11.7. The molecule has 376 valence electrons. The van der Waals surface area contributed by atoms with Crippen LogP contribution in [0.3, 0.4) is 0 Å². The summed E-state index contributed by atoms with van der Waals surface area (Å²) in [5, 5.41) is 52.8. The van der Waals surface area contributed by atoms with Crippen molar-refractivity contribution in [1.29, 1.82) is 0 Å². The average molecular weight is 973 g/mol. The van der Waals surface area contributed by atoms with Crippen LogP contribution in [0.4, 0.5) is 0 Å². The zero-order valence-electron chi connectivity index (χ0n) is 37.9. The van der Waals surface area contributed by atoms with Crippen molar-refractivity contribution in [3.05, 3.63) is 0 Å². The van der Waals surface area contributed by atoms with Crippen molar-refractivity contribution in [2.24, 2.45) is 23.3 Å². The van der Waals surface area contributed by atoms with Crippen molar-refractivity contribution in [2.45, 2.75) is 146 Å². The van der Waals surface area contributed by atoms with Gasteiger partial charge in [0.25, 0.3) is 0 Å². The predicted molar refractivity (Wildman–Crippen MR) is 235 cm³/mol. The highest BCUT2D eigenvalue weighted by molar-refractivity contribution is 7.80. The summed E-state index contributed by atoms with van der Waals surface area (Å²) in [6.07, 6.45) is -3.24. The van der Waals surface area contributed by atoms with Gasteiger partial charge in [0.1, 0.15) is 48.3 Å². The number of aliphatic hydroxyl groups is 1. The van der Waals surface area contributed by atoms with Gasteiger partial charge in [-0.2, -0.15) is 12.6 Å². The molecule has 14 N–H and O–H groups in total. The van der Waals surface area contributed by atoms with Crippen molar-refractivity contribution in [2.75, 3.05) is 18.8 Å². The third kappa shape index (κ3) is 16.6. The number of primary amides is 1. The standard InChI is InChI=1S/C40H64N10O16S/c1-6-18(4)30(38(63)49-11-7-9-24(49)35(60)44-21(14-27(53)54)33(58)45-23(40(65)66)13-26(42)52)47-37(62)29(17(2)3)46-36(61)25-10-8-12-50(25)39(64)31(19(5)51)48-34(59)22(15-28(55)56)43-32(57)20(41)16-67/h17-25,29-31,51,67H,6-16,41H2,1-5H3,(H2,42,52)(H,43,57)(H,44,60)(H,45,58)(H,46,61)(H,47,62)(H,48,59)(H,53,54)(H,55,56)(H,65,66)/t18-,19+,20-,21-,22-,23-,24-,25-,29-,30-,31-/m0/s1. The Bertz CT molecular complexity index is 1890. The van der Waals surface area contributed by atoms with Gasteiger partial charge in [-0.15, -0.1) is 0 Å². The molecule has 26 nitrogen and oxygen atoms in total. The minimum absolute atomic E-state index is 0.0120. The monoisotopic (exact) mass is 972 g/mol. The first kappa shape index (κ1) is 57.0. The zero-order valence-corrected chi connectivity index (χ0v) is 38.8. The smallest absolute Gasteiger partial charge is 0.326 e. The van der Waals surface area contributed by atoms with Crippen molar-refractivity contribution in [3.63, 3.8) is 0 Å². The lowest BCUT2D eigenvalue weighted by molar-refractivity contribution is -0.146. The molecule has 0 saturated carbocycles. The molecule has 11 atom stereocenters. The van der Waals surface area contributed by atoms with Crippen LogP contribution in [0.5, 0.6) is 0 Å². The molecule has 2 aliphatic heterocycles. The molecule has 0 spiro atoms. The molecule has 0 bridgehead atoms. The second kappa shape index (κ2) is 26.3. The van der Waals surface area contributed by atoms with E-state index in [1.165, 1.54) is 6.92 Å². The molecule has 0 aromatic heterocycles. The summed E-state index contributed by atoms with van der Waals surface area (Å²) in [6.45, 7) is 7.77. The van der Waals surface area contributed by atoms with Gasteiger partial charge in [0.2, 0.25) is 53.2 Å². The maximum atomic E-state index is 14.3. The van der Waals surface area contributed by atoms with Crippen molar-refractivity contribution in [1.82, 2.24) is 41.7 Å². The fraction of sp³-hybridized carbons (Fsp3) is 0.700.